The standard InChI is InChI=1S/C15H17NO4/c1-16(2)7-8-6-11-9-4-3-5-10(9)15(19)20-14(11)13(18)12(8)17/h6,17-18H,3-5,7H2,1-2H3. The molecule has 2 N–H and O–H groups in total. The third-order valence-corrected chi connectivity index (χ3v) is 3.81. The molecule has 0 saturated heterocycles. The van der Waals surface area contributed by atoms with E-state index in [9.17, 15) is 15.0 Å². The molecular formula is C15H17NO4. The minimum Gasteiger partial charge on any atom is -0.870 e. The summed E-state index contributed by atoms with van der Waals surface area (Å²) in [5.41, 5.74) is 1.79. The molecule has 0 radical (unpaired) electrons. The minimum absolute atomic E-state index is 0.0400. The van der Waals surface area contributed by atoms with Crippen LogP contribution in [0.25, 0.3) is 11.0 Å². The van der Waals surface area contributed by atoms with Gasteiger partial charge in [-0.3, -0.25) is 0 Å². The Bertz CT molecular complexity index is 746. The Labute approximate surface area is 116 Å². The number of aryl methyl sites for hydroxylation is 1. The van der Waals surface area contributed by atoms with Crippen LogP contribution < -0.4 is 15.6 Å². The monoisotopic (exact) mass is 275 g/mol. The molecule has 2 aromatic rings. The first kappa shape index (κ1) is 13.0. The second-order valence-corrected chi connectivity index (χ2v) is 5.67. The Balaban J connectivity index is 2.35. The van der Waals surface area contributed by atoms with E-state index in [0.717, 1.165) is 23.3 Å². The predicted molar refractivity (Wildman–Crippen MR) is 72.1 cm³/mol. The molecule has 0 saturated carbocycles. The van der Waals surface area contributed by atoms with Crippen LogP contribution in [0.3, 0.4) is 0 Å². The van der Waals surface area contributed by atoms with Gasteiger partial charge in [0.1, 0.15) is 6.54 Å². The second kappa shape index (κ2) is 4.52. The molecule has 0 aliphatic heterocycles. The van der Waals surface area contributed by atoms with E-state index in [1.807, 2.05) is 14.1 Å². The minimum atomic E-state index is -0.445. The van der Waals surface area contributed by atoms with Crippen molar-refractivity contribution in [3.8, 4) is 11.5 Å². The highest BCUT2D eigenvalue weighted by molar-refractivity contribution is 5.89. The van der Waals surface area contributed by atoms with Crippen LogP contribution in [0.1, 0.15) is 23.1 Å². The number of phenols is 1. The van der Waals surface area contributed by atoms with E-state index in [-0.39, 0.29) is 5.58 Å². The normalized spacial score (nSPS) is 14.2. The zero-order valence-corrected chi connectivity index (χ0v) is 11.6. The molecule has 20 heavy (non-hydrogen) atoms. The molecule has 1 aliphatic rings. The Kier molecular flexibility index (Phi) is 2.94. The van der Waals surface area contributed by atoms with E-state index in [1.165, 1.54) is 0 Å². The quantitative estimate of drug-likeness (QED) is 0.738. The summed E-state index contributed by atoms with van der Waals surface area (Å²) in [6, 6.07) is 1.78. The third kappa shape index (κ3) is 1.86. The van der Waals surface area contributed by atoms with Gasteiger partial charge in [-0.05, 0) is 30.9 Å². The van der Waals surface area contributed by atoms with Crippen molar-refractivity contribution in [3.05, 3.63) is 33.2 Å². The number of aromatic hydroxyl groups is 1. The molecule has 1 heterocycles. The number of fused-ring (bicyclic) bond motifs is 3. The van der Waals surface area contributed by atoms with Crippen LogP contribution in [0, 0.1) is 0 Å². The van der Waals surface area contributed by atoms with Gasteiger partial charge in [-0.25, -0.2) is 4.79 Å². The lowest BCUT2D eigenvalue weighted by molar-refractivity contribution is -0.872. The highest BCUT2D eigenvalue weighted by atomic mass is 16.4. The summed E-state index contributed by atoms with van der Waals surface area (Å²) in [4.78, 5) is 13.0. The number of hydrogen-bond acceptors (Lipinski definition) is 4. The SMILES string of the molecule is C[NH+](C)Cc1cc2c3c(c(=O)oc2c(O)c1[O-])CCC3. The van der Waals surface area contributed by atoms with Crippen LogP contribution in [0.5, 0.6) is 11.5 Å². The lowest BCUT2D eigenvalue weighted by Gasteiger charge is -2.19. The van der Waals surface area contributed by atoms with Crippen molar-refractivity contribution in [3.63, 3.8) is 0 Å². The largest absolute Gasteiger partial charge is 0.870 e. The van der Waals surface area contributed by atoms with Gasteiger partial charge in [-0.1, -0.05) is 5.75 Å². The molecule has 0 spiro atoms. The van der Waals surface area contributed by atoms with Gasteiger partial charge in [0, 0.05) is 16.5 Å². The number of rotatable bonds is 2. The summed E-state index contributed by atoms with van der Waals surface area (Å²) >= 11 is 0. The molecule has 1 aromatic carbocycles. The average molecular weight is 275 g/mol. The average Bonchev–Trinajstić information content (AvgIpc) is 2.87. The number of quaternary nitrogens is 1. The van der Waals surface area contributed by atoms with Gasteiger partial charge in [-0.15, -0.1) is 0 Å². The third-order valence-electron chi connectivity index (χ3n) is 3.81. The first-order valence-corrected chi connectivity index (χ1v) is 6.78. The topological polar surface area (TPSA) is 77.9 Å². The van der Waals surface area contributed by atoms with E-state index in [1.54, 1.807) is 6.07 Å². The van der Waals surface area contributed by atoms with Crippen molar-refractivity contribution in [2.45, 2.75) is 25.8 Å². The smallest absolute Gasteiger partial charge is 0.339 e. The Hall–Kier alpha value is -2.01. The van der Waals surface area contributed by atoms with Crippen molar-refractivity contribution in [2.75, 3.05) is 14.1 Å². The summed E-state index contributed by atoms with van der Waals surface area (Å²) in [6.45, 7) is 0.524. The summed E-state index contributed by atoms with van der Waals surface area (Å²) in [7, 11) is 3.88. The summed E-state index contributed by atoms with van der Waals surface area (Å²) in [5.74, 6) is -0.884. The first-order chi connectivity index (χ1) is 9.49. The Morgan fingerprint density at radius 3 is 2.75 bits per heavy atom. The van der Waals surface area contributed by atoms with Crippen molar-refractivity contribution < 1.29 is 19.5 Å². The highest BCUT2D eigenvalue weighted by Crippen LogP contribution is 2.38. The molecule has 1 aromatic heterocycles. The number of phenolic OH excluding ortho intramolecular Hbond substituents is 1. The number of hydrogen-bond donors (Lipinski definition) is 2. The van der Waals surface area contributed by atoms with Gasteiger partial charge in [0.25, 0.3) is 0 Å². The lowest BCUT2D eigenvalue weighted by atomic mass is 10.0. The van der Waals surface area contributed by atoms with E-state index >= 15 is 0 Å². The maximum absolute atomic E-state index is 12.1. The van der Waals surface area contributed by atoms with E-state index in [0.29, 0.717) is 29.5 Å². The van der Waals surface area contributed by atoms with Gasteiger partial charge in [0.15, 0.2) is 11.3 Å². The predicted octanol–water partition coefficient (Wildman–Crippen LogP) is -0.295. The fraction of sp³-hybridized carbons (Fsp3) is 0.400. The number of nitrogens with one attached hydrogen (secondary N) is 1. The first-order valence-electron chi connectivity index (χ1n) is 6.78. The van der Waals surface area contributed by atoms with Crippen LogP contribution >= 0.6 is 0 Å². The van der Waals surface area contributed by atoms with Crippen LogP contribution in [-0.4, -0.2) is 19.2 Å². The van der Waals surface area contributed by atoms with Crippen LogP contribution in [-0.2, 0) is 19.4 Å². The molecular weight excluding hydrogens is 258 g/mol. The Morgan fingerprint density at radius 2 is 2.05 bits per heavy atom. The van der Waals surface area contributed by atoms with Crippen molar-refractivity contribution >= 4 is 11.0 Å². The highest BCUT2D eigenvalue weighted by Gasteiger charge is 2.22. The summed E-state index contributed by atoms with van der Waals surface area (Å²) in [6.07, 6.45) is 2.42. The van der Waals surface area contributed by atoms with Gasteiger partial charge >= 0.3 is 5.63 Å². The van der Waals surface area contributed by atoms with Gasteiger partial charge < -0.3 is 19.5 Å². The molecule has 0 bridgehead atoms. The fourth-order valence-corrected chi connectivity index (χ4v) is 2.95. The maximum atomic E-state index is 12.1. The van der Waals surface area contributed by atoms with Crippen LogP contribution in [0.2, 0.25) is 0 Å². The van der Waals surface area contributed by atoms with Gasteiger partial charge in [-0.2, -0.15) is 0 Å². The molecule has 0 amide bonds. The second-order valence-electron chi connectivity index (χ2n) is 5.67. The van der Waals surface area contributed by atoms with Crippen LogP contribution in [0.4, 0.5) is 0 Å². The zero-order chi connectivity index (χ0) is 14.4. The van der Waals surface area contributed by atoms with Gasteiger partial charge in [0.05, 0.1) is 14.1 Å². The summed E-state index contributed by atoms with van der Waals surface area (Å²) < 4.78 is 5.16. The molecule has 3 rings (SSSR count). The number of benzene rings is 1. The van der Waals surface area contributed by atoms with E-state index in [4.69, 9.17) is 4.42 Å². The molecule has 0 unspecified atom stereocenters. The molecule has 5 nitrogen and oxygen atoms in total. The summed E-state index contributed by atoms with van der Waals surface area (Å²) in [5, 5.41) is 22.9. The van der Waals surface area contributed by atoms with E-state index < -0.39 is 17.1 Å². The van der Waals surface area contributed by atoms with Crippen molar-refractivity contribution in [2.24, 2.45) is 0 Å². The molecule has 1 aliphatic carbocycles. The Morgan fingerprint density at radius 1 is 1.35 bits per heavy atom. The van der Waals surface area contributed by atoms with Crippen molar-refractivity contribution in [1.29, 1.82) is 0 Å². The molecule has 106 valence electrons. The van der Waals surface area contributed by atoms with Crippen molar-refractivity contribution in [1.82, 2.24) is 0 Å². The van der Waals surface area contributed by atoms with Gasteiger partial charge in [0.2, 0.25) is 0 Å². The molecule has 5 heteroatoms. The molecule has 0 atom stereocenters. The zero-order valence-electron chi connectivity index (χ0n) is 11.6. The fourth-order valence-electron chi connectivity index (χ4n) is 2.95. The lowest BCUT2D eigenvalue weighted by Crippen LogP contribution is -3.04. The molecule has 0 fully saturated rings. The maximum Gasteiger partial charge on any atom is 0.339 e. The van der Waals surface area contributed by atoms with Crippen LogP contribution in [0.15, 0.2) is 15.3 Å². The van der Waals surface area contributed by atoms with E-state index in [2.05, 4.69) is 0 Å².